The number of fused-ring (bicyclic) bond motifs is 1. The summed E-state index contributed by atoms with van der Waals surface area (Å²) in [5, 5.41) is 0. The first-order chi connectivity index (χ1) is 14.1. The molecule has 1 fully saturated rings. The summed E-state index contributed by atoms with van der Waals surface area (Å²) in [6.07, 6.45) is 2.46. The zero-order valence-electron chi connectivity index (χ0n) is 16.9. The maximum atomic E-state index is 12.8. The van der Waals surface area contributed by atoms with E-state index in [0.717, 1.165) is 12.1 Å². The lowest BCUT2D eigenvalue weighted by Crippen LogP contribution is -2.50. The van der Waals surface area contributed by atoms with E-state index in [1.807, 2.05) is 12.1 Å². The van der Waals surface area contributed by atoms with Crippen LogP contribution in [0.5, 0.6) is 0 Å². The Labute approximate surface area is 170 Å². The number of para-hydroxylation sites is 1. The molecule has 0 N–H and O–H groups in total. The van der Waals surface area contributed by atoms with Crippen LogP contribution in [-0.4, -0.2) is 65.6 Å². The first kappa shape index (κ1) is 19.2. The Hall–Kier alpha value is -3.09. The van der Waals surface area contributed by atoms with E-state index in [0.29, 0.717) is 44.5 Å². The molecule has 7 nitrogen and oxygen atoms in total. The molecule has 1 atom stereocenters. The average Bonchev–Trinajstić information content (AvgIpc) is 3.09. The van der Waals surface area contributed by atoms with Crippen LogP contribution >= 0.6 is 0 Å². The van der Waals surface area contributed by atoms with Crippen molar-refractivity contribution in [2.45, 2.75) is 26.3 Å². The van der Waals surface area contributed by atoms with Crippen LogP contribution in [0.25, 0.3) is 0 Å². The van der Waals surface area contributed by atoms with Gasteiger partial charge in [-0.05, 0) is 44.0 Å². The minimum atomic E-state index is -0.318. The number of piperazine rings is 1. The summed E-state index contributed by atoms with van der Waals surface area (Å²) in [6, 6.07) is 12.5. The third kappa shape index (κ3) is 3.77. The van der Waals surface area contributed by atoms with E-state index in [1.54, 1.807) is 29.0 Å². The number of carbonyl (C=O) groups excluding carboxylic acids is 2. The van der Waals surface area contributed by atoms with Gasteiger partial charge in [-0.15, -0.1) is 0 Å². The minimum Gasteiger partial charge on any atom is -0.450 e. The monoisotopic (exact) mass is 394 g/mol. The third-order valence-corrected chi connectivity index (χ3v) is 5.55. The lowest BCUT2D eigenvalue weighted by Gasteiger charge is -2.33. The van der Waals surface area contributed by atoms with Crippen LogP contribution in [0.15, 0.2) is 42.6 Å². The number of nitrogens with zero attached hydrogens (tertiary/aromatic N) is 4. The molecule has 2 aliphatic rings. The molecule has 1 saturated heterocycles. The fraction of sp³-hybridized carbons (Fsp3) is 0.409. The number of hydrogen-bond acceptors (Lipinski definition) is 5. The van der Waals surface area contributed by atoms with Gasteiger partial charge in [0.05, 0.1) is 18.5 Å². The first-order valence-electron chi connectivity index (χ1n) is 10.1. The molecule has 0 bridgehead atoms. The summed E-state index contributed by atoms with van der Waals surface area (Å²) in [7, 11) is 0. The van der Waals surface area contributed by atoms with Crippen LogP contribution in [0.2, 0.25) is 0 Å². The molecule has 152 valence electrons. The van der Waals surface area contributed by atoms with Gasteiger partial charge in [0.2, 0.25) is 0 Å². The molecule has 2 aromatic rings. The largest absolute Gasteiger partial charge is 0.450 e. The fourth-order valence-electron chi connectivity index (χ4n) is 4.08. The van der Waals surface area contributed by atoms with Crippen molar-refractivity contribution in [3.63, 3.8) is 0 Å². The molecule has 3 heterocycles. The molecule has 0 spiro atoms. The topological polar surface area (TPSA) is 66.0 Å². The van der Waals surface area contributed by atoms with Gasteiger partial charge < -0.3 is 19.4 Å². The molecule has 1 aromatic carbocycles. The number of amides is 2. The molecule has 4 rings (SSSR count). The lowest BCUT2D eigenvalue weighted by atomic mass is 10.1. The van der Waals surface area contributed by atoms with Crippen molar-refractivity contribution in [1.82, 2.24) is 14.8 Å². The molecule has 29 heavy (non-hydrogen) atoms. The SMILES string of the molecule is CCOC(=O)N1CCN(C(=O)c2ccc(N3c4ccccc4CC3C)cn2)CC1. The van der Waals surface area contributed by atoms with Gasteiger partial charge in [-0.2, -0.15) is 0 Å². The molecule has 2 aliphatic heterocycles. The van der Waals surface area contributed by atoms with Crippen LogP contribution in [-0.2, 0) is 11.2 Å². The van der Waals surface area contributed by atoms with Crippen molar-refractivity contribution in [2.24, 2.45) is 0 Å². The van der Waals surface area contributed by atoms with Gasteiger partial charge in [0, 0.05) is 37.9 Å². The Morgan fingerprint density at radius 1 is 1.07 bits per heavy atom. The highest BCUT2D eigenvalue weighted by Crippen LogP contribution is 2.37. The van der Waals surface area contributed by atoms with E-state index in [4.69, 9.17) is 4.74 Å². The van der Waals surface area contributed by atoms with Gasteiger partial charge in [0.25, 0.3) is 5.91 Å². The van der Waals surface area contributed by atoms with E-state index >= 15 is 0 Å². The lowest BCUT2D eigenvalue weighted by molar-refractivity contribution is 0.0566. The summed E-state index contributed by atoms with van der Waals surface area (Å²) in [5.41, 5.74) is 3.96. The van der Waals surface area contributed by atoms with E-state index in [-0.39, 0.29) is 12.0 Å². The number of hydrogen-bond donors (Lipinski definition) is 0. The highest BCUT2D eigenvalue weighted by atomic mass is 16.6. The molecule has 0 radical (unpaired) electrons. The second-order valence-corrected chi connectivity index (χ2v) is 7.43. The van der Waals surface area contributed by atoms with Gasteiger partial charge in [-0.3, -0.25) is 4.79 Å². The average molecular weight is 394 g/mol. The second-order valence-electron chi connectivity index (χ2n) is 7.43. The Morgan fingerprint density at radius 2 is 1.79 bits per heavy atom. The standard InChI is InChI=1S/C22H26N4O3/c1-3-29-22(28)25-12-10-24(11-13-25)21(27)19-9-8-18(15-23-19)26-16(2)14-17-6-4-5-7-20(17)26/h4-9,15-16H,3,10-14H2,1-2H3. The molecule has 0 saturated carbocycles. The summed E-state index contributed by atoms with van der Waals surface area (Å²) in [6.45, 7) is 6.26. The molecular weight excluding hydrogens is 368 g/mol. The summed E-state index contributed by atoms with van der Waals surface area (Å²) in [5.74, 6) is -0.102. The first-order valence-corrected chi connectivity index (χ1v) is 10.1. The van der Waals surface area contributed by atoms with E-state index in [2.05, 4.69) is 35.0 Å². The Morgan fingerprint density at radius 3 is 2.48 bits per heavy atom. The molecule has 2 amide bonds. The van der Waals surface area contributed by atoms with Crippen LogP contribution in [0.1, 0.15) is 29.9 Å². The molecule has 1 unspecified atom stereocenters. The highest BCUT2D eigenvalue weighted by Gasteiger charge is 2.28. The number of benzene rings is 1. The minimum absolute atomic E-state index is 0.102. The molecule has 0 aliphatic carbocycles. The molecular formula is C22H26N4O3. The predicted octanol–water partition coefficient (Wildman–Crippen LogP) is 3.08. The molecule has 1 aromatic heterocycles. The fourth-order valence-corrected chi connectivity index (χ4v) is 4.08. The van der Waals surface area contributed by atoms with Crippen molar-refractivity contribution >= 4 is 23.4 Å². The number of rotatable bonds is 3. The van der Waals surface area contributed by atoms with Gasteiger partial charge >= 0.3 is 6.09 Å². The van der Waals surface area contributed by atoms with Gasteiger partial charge in [0.15, 0.2) is 0 Å². The van der Waals surface area contributed by atoms with Crippen LogP contribution in [0.4, 0.5) is 16.2 Å². The maximum absolute atomic E-state index is 12.8. The van der Waals surface area contributed by atoms with E-state index in [9.17, 15) is 9.59 Å². The van der Waals surface area contributed by atoms with Crippen molar-refractivity contribution in [3.05, 3.63) is 53.9 Å². The summed E-state index contributed by atoms with van der Waals surface area (Å²) < 4.78 is 5.02. The van der Waals surface area contributed by atoms with Crippen molar-refractivity contribution < 1.29 is 14.3 Å². The number of carbonyl (C=O) groups is 2. The number of pyridine rings is 1. The quantitative estimate of drug-likeness (QED) is 0.800. The zero-order valence-corrected chi connectivity index (χ0v) is 16.9. The number of ether oxygens (including phenoxy) is 1. The van der Waals surface area contributed by atoms with E-state index in [1.165, 1.54) is 11.3 Å². The van der Waals surface area contributed by atoms with Crippen molar-refractivity contribution in [1.29, 1.82) is 0 Å². The smallest absolute Gasteiger partial charge is 0.409 e. The second kappa shape index (κ2) is 8.11. The summed E-state index contributed by atoms with van der Waals surface area (Å²) >= 11 is 0. The Kier molecular flexibility index (Phi) is 5.38. The Balaban J connectivity index is 1.42. The van der Waals surface area contributed by atoms with Crippen LogP contribution in [0.3, 0.4) is 0 Å². The van der Waals surface area contributed by atoms with E-state index < -0.39 is 0 Å². The van der Waals surface area contributed by atoms with Crippen LogP contribution in [0, 0.1) is 0 Å². The molecule has 7 heteroatoms. The van der Waals surface area contributed by atoms with Gasteiger partial charge in [0.1, 0.15) is 5.69 Å². The van der Waals surface area contributed by atoms with Gasteiger partial charge in [-0.25, -0.2) is 9.78 Å². The number of anilines is 2. The Bertz CT molecular complexity index is 891. The highest BCUT2D eigenvalue weighted by molar-refractivity contribution is 5.92. The zero-order chi connectivity index (χ0) is 20.4. The van der Waals surface area contributed by atoms with Crippen molar-refractivity contribution in [3.8, 4) is 0 Å². The third-order valence-electron chi connectivity index (χ3n) is 5.55. The van der Waals surface area contributed by atoms with Crippen molar-refractivity contribution in [2.75, 3.05) is 37.7 Å². The summed E-state index contributed by atoms with van der Waals surface area (Å²) in [4.78, 5) is 34.7. The predicted molar refractivity (Wildman–Crippen MR) is 110 cm³/mol. The van der Waals surface area contributed by atoms with Crippen LogP contribution < -0.4 is 4.90 Å². The normalized spacial score (nSPS) is 18.6. The maximum Gasteiger partial charge on any atom is 0.409 e. The number of aromatic nitrogens is 1. The van der Waals surface area contributed by atoms with Gasteiger partial charge in [-0.1, -0.05) is 18.2 Å².